The molecule has 0 fully saturated rings. The van der Waals surface area contributed by atoms with Crippen molar-refractivity contribution in [2.24, 2.45) is 11.8 Å². The number of carboxylic acid groups (broad SMARTS) is 1. The summed E-state index contributed by atoms with van der Waals surface area (Å²) in [6, 6.07) is 0. The van der Waals surface area contributed by atoms with E-state index in [-0.39, 0.29) is 5.91 Å². The lowest BCUT2D eigenvalue weighted by molar-refractivity contribution is -0.142. The van der Waals surface area contributed by atoms with Gasteiger partial charge in [-0.2, -0.15) is 0 Å². The molecule has 0 aromatic carbocycles. The molecule has 0 aromatic heterocycles. The molecule has 0 saturated carbocycles. The maximum Gasteiger partial charge on any atom is 0.306 e. The van der Waals surface area contributed by atoms with Gasteiger partial charge in [0.2, 0.25) is 5.91 Å². The summed E-state index contributed by atoms with van der Waals surface area (Å²) in [5, 5.41) is 8.95. The molecule has 4 heteroatoms. The number of nitrogens with zero attached hydrogens (tertiary/aromatic N) is 1. The van der Waals surface area contributed by atoms with E-state index in [4.69, 9.17) is 5.11 Å². The highest BCUT2D eigenvalue weighted by Gasteiger charge is 2.20. The van der Waals surface area contributed by atoms with Crippen LogP contribution in [0.25, 0.3) is 0 Å². The molecule has 4 nitrogen and oxygen atoms in total. The summed E-state index contributed by atoms with van der Waals surface area (Å²) in [5.74, 6) is -0.852. The van der Waals surface area contributed by atoms with Gasteiger partial charge in [-0.3, -0.25) is 9.59 Å². The first kappa shape index (κ1) is 13.9. The Labute approximate surface area is 91.3 Å². The van der Waals surface area contributed by atoms with Crippen LogP contribution >= 0.6 is 0 Å². The lowest BCUT2D eigenvalue weighted by atomic mass is 9.93. The second-order valence-corrected chi connectivity index (χ2v) is 4.49. The second kappa shape index (κ2) is 6.43. The SMILES string of the molecule is CC(C)CC(CCC(=O)N(C)C)C(=O)O. The number of amides is 1. The maximum atomic E-state index is 11.3. The molecule has 0 radical (unpaired) electrons. The maximum absolute atomic E-state index is 11.3. The van der Waals surface area contributed by atoms with Crippen molar-refractivity contribution in [3.8, 4) is 0 Å². The molecule has 0 aliphatic heterocycles. The van der Waals surface area contributed by atoms with E-state index in [9.17, 15) is 9.59 Å². The topological polar surface area (TPSA) is 57.6 Å². The summed E-state index contributed by atoms with van der Waals surface area (Å²) in [4.78, 5) is 23.7. The Kier molecular flexibility index (Phi) is 5.97. The third-order valence-electron chi connectivity index (χ3n) is 2.31. The largest absolute Gasteiger partial charge is 0.481 e. The minimum atomic E-state index is -0.796. The third kappa shape index (κ3) is 6.10. The summed E-state index contributed by atoms with van der Waals surface area (Å²) in [6.45, 7) is 3.98. The van der Waals surface area contributed by atoms with Crippen molar-refractivity contribution in [3.63, 3.8) is 0 Å². The van der Waals surface area contributed by atoms with E-state index in [0.717, 1.165) is 0 Å². The van der Waals surface area contributed by atoms with Gasteiger partial charge in [0.25, 0.3) is 0 Å². The molecule has 15 heavy (non-hydrogen) atoms. The zero-order chi connectivity index (χ0) is 12.0. The number of aliphatic carboxylic acids is 1. The molecular formula is C11H21NO3. The van der Waals surface area contributed by atoms with Gasteiger partial charge in [0.05, 0.1) is 5.92 Å². The minimum absolute atomic E-state index is 0.00925. The van der Waals surface area contributed by atoms with Gasteiger partial charge in [-0.05, 0) is 18.8 Å². The number of hydrogen-bond donors (Lipinski definition) is 1. The number of carbonyl (C=O) groups is 2. The first-order valence-electron chi connectivity index (χ1n) is 5.27. The smallest absolute Gasteiger partial charge is 0.306 e. The van der Waals surface area contributed by atoms with Crippen LogP contribution in [0.2, 0.25) is 0 Å². The van der Waals surface area contributed by atoms with Crippen molar-refractivity contribution in [2.45, 2.75) is 33.1 Å². The van der Waals surface area contributed by atoms with Crippen molar-refractivity contribution >= 4 is 11.9 Å². The van der Waals surface area contributed by atoms with Crippen molar-refractivity contribution in [1.29, 1.82) is 0 Å². The van der Waals surface area contributed by atoms with Crippen molar-refractivity contribution in [2.75, 3.05) is 14.1 Å². The molecule has 1 N–H and O–H groups in total. The summed E-state index contributed by atoms with van der Waals surface area (Å²) < 4.78 is 0. The molecule has 0 spiro atoms. The predicted octanol–water partition coefficient (Wildman–Crippen LogP) is 1.60. The Hall–Kier alpha value is -1.06. The van der Waals surface area contributed by atoms with E-state index >= 15 is 0 Å². The molecule has 0 rings (SSSR count). The van der Waals surface area contributed by atoms with E-state index < -0.39 is 11.9 Å². The first-order valence-corrected chi connectivity index (χ1v) is 5.27. The van der Waals surface area contributed by atoms with Gasteiger partial charge in [-0.15, -0.1) is 0 Å². The van der Waals surface area contributed by atoms with Crippen LogP contribution in [0.5, 0.6) is 0 Å². The Balaban J connectivity index is 4.07. The zero-order valence-electron chi connectivity index (χ0n) is 9.99. The molecule has 0 aliphatic rings. The molecule has 0 heterocycles. The monoisotopic (exact) mass is 215 g/mol. The number of hydrogen-bond acceptors (Lipinski definition) is 2. The lowest BCUT2D eigenvalue weighted by Crippen LogP contribution is -2.24. The van der Waals surface area contributed by atoms with Crippen LogP contribution < -0.4 is 0 Å². The Bertz CT molecular complexity index is 224. The van der Waals surface area contributed by atoms with E-state index in [1.807, 2.05) is 13.8 Å². The average Bonchev–Trinajstić information content (AvgIpc) is 2.10. The van der Waals surface area contributed by atoms with Crippen molar-refractivity contribution < 1.29 is 14.7 Å². The van der Waals surface area contributed by atoms with E-state index in [0.29, 0.717) is 25.2 Å². The molecule has 0 saturated heterocycles. The van der Waals surface area contributed by atoms with Gasteiger partial charge in [0.15, 0.2) is 0 Å². The van der Waals surface area contributed by atoms with Gasteiger partial charge in [0, 0.05) is 20.5 Å². The second-order valence-electron chi connectivity index (χ2n) is 4.49. The predicted molar refractivity (Wildman–Crippen MR) is 58.5 cm³/mol. The zero-order valence-corrected chi connectivity index (χ0v) is 9.99. The average molecular weight is 215 g/mol. The first-order chi connectivity index (χ1) is 6.84. The summed E-state index contributed by atoms with van der Waals surface area (Å²) in [5.41, 5.74) is 0. The fourth-order valence-electron chi connectivity index (χ4n) is 1.43. The fourth-order valence-corrected chi connectivity index (χ4v) is 1.43. The van der Waals surface area contributed by atoms with Crippen LogP contribution in [0.15, 0.2) is 0 Å². The fraction of sp³-hybridized carbons (Fsp3) is 0.818. The van der Waals surface area contributed by atoms with Crippen LogP contribution in [0.4, 0.5) is 0 Å². The van der Waals surface area contributed by atoms with Crippen LogP contribution in [0.1, 0.15) is 33.1 Å². The van der Waals surface area contributed by atoms with Crippen molar-refractivity contribution in [1.82, 2.24) is 4.90 Å². The summed E-state index contributed by atoms with van der Waals surface area (Å²) in [6.07, 6.45) is 1.39. The normalized spacial score (nSPS) is 12.6. The molecule has 0 aromatic rings. The Morgan fingerprint density at radius 1 is 1.27 bits per heavy atom. The molecule has 1 unspecified atom stereocenters. The van der Waals surface area contributed by atoms with Gasteiger partial charge in [-0.1, -0.05) is 13.8 Å². The van der Waals surface area contributed by atoms with Crippen LogP contribution in [-0.4, -0.2) is 36.0 Å². The van der Waals surface area contributed by atoms with Gasteiger partial charge >= 0.3 is 5.97 Å². The van der Waals surface area contributed by atoms with Gasteiger partial charge in [-0.25, -0.2) is 0 Å². The summed E-state index contributed by atoms with van der Waals surface area (Å²) >= 11 is 0. The standard InChI is InChI=1S/C11H21NO3/c1-8(2)7-9(11(14)15)5-6-10(13)12(3)4/h8-9H,5-7H2,1-4H3,(H,14,15). The molecule has 1 atom stereocenters. The molecule has 0 aliphatic carbocycles. The van der Waals surface area contributed by atoms with E-state index in [2.05, 4.69) is 0 Å². The molecular weight excluding hydrogens is 194 g/mol. The number of carboxylic acids is 1. The van der Waals surface area contributed by atoms with Gasteiger partial charge < -0.3 is 10.0 Å². The Morgan fingerprint density at radius 3 is 2.13 bits per heavy atom. The molecule has 1 amide bonds. The Morgan fingerprint density at radius 2 is 1.80 bits per heavy atom. The highest BCUT2D eigenvalue weighted by Crippen LogP contribution is 2.17. The van der Waals surface area contributed by atoms with E-state index in [1.165, 1.54) is 4.90 Å². The third-order valence-corrected chi connectivity index (χ3v) is 2.31. The van der Waals surface area contributed by atoms with E-state index in [1.54, 1.807) is 14.1 Å². The highest BCUT2D eigenvalue weighted by atomic mass is 16.4. The van der Waals surface area contributed by atoms with Crippen LogP contribution in [0, 0.1) is 11.8 Å². The lowest BCUT2D eigenvalue weighted by Gasteiger charge is -2.15. The summed E-state index contributed by atoms with van der Waals surface area (Å²) in [7, 11) is 3.36. The highest BCUT2D eigenvalue weighted by molar-refractivity contribution is 5.77. The van der Waals surface area contributed by atoms with Crippen molar-refractivity contribution in [3.05, 3.63) is 0 Å². The van der Waals surface area contributed by atoms with Gasteiger partial charge in [0.1, 0.15) is 0 Å². The molecule has 0 bridgehead atoms. The minimum Gasteiger partial charge on any atom is -0.481 e. The molecule has 88 valence electrons. The van der Waals surface area contributed by atoms with Crippen LogP contribution in [0.3, 0.4) is 0 Å². The van der Waals surface area contributed by atoms with Crippen LogP contribution in [-0.2, 0) is 9.59 Å². The number of rotatable bonds is 6. The number of carbonyl (C=O) groups excluding carboxylic acids is 1. The quantitative estimate of drug-likeness (QED) is 0.732.